The van der Waals surface area contributed by atoms with E-state index in [1.807, 2.05) is 31.2 Å². The van der Waals surface area contributed by atoms with Crippen molar-refractivity contribution in [2.24, 2.45) is 5.73 Å². The molecule has 2 rings (SSSR count). The Morgan fingerprint density at radius 1 is 1.27 bits per heavy atom. The summed E-state index contributed by atoms with van der Waals surface area (Å²) >= 11 is 0. The highest BCUT2D eigenvalue weighted by Crippen LogP contribution is 2.19. The van der Waals surface area contributed by atoms with Gasteiger partial charge in [0.15, 0.2) is 0 Å². The van der Waals surface area contributed by atoms with Crippen molar-refractivity contribution in [2.45, 2.75) is 38.3 Å². The number of nitrogens with two attached hydrogens (primary N) is 1. The van der Waals surface area contributed by atoms with Gasteiger partial charge in [0, 0.05) is 24.7 Å². The van der Waals surface area contributed by atoms with Crippen LogP contribution in [0.3, 0.4) is 0 Å². The van der Waals surface area contributed by atoms with E-state index in [1.54, 1.807) is 0 Å². The van der Waals surface area contributed by atoms with Crippen LogP contribution in [0.4, 0.5) is 10.5 Å². The van der Waals surface area contributed by atoms with Gasteiger partial charge in [-0.3, -0.25) is 4.79 Å². The molecule has 0 bridgehead atoms. The number of carbonyl (C=O) groups excluding carboxylic acids is 2. The molecule has 1 unspecified atom stereocenters. The standard InChI is InChI=1S/C15H22N4O2.ClH/c1-10(17-14(20)8-9-16)11-2-4-12(5-3-11)18-15(21)19-13-6-7-13;/h2-5,10,13H,6-9,16H2,1H3,(H,17,20)(H2,18,19,21);1H. The highest BCUT2D eigenvalue weighted by molar-refractivity contribution is 5.89. The molecule has 0 aliphatic heterocycles. The Balaban J connectivity index is 0.00000242. The van der Waals surface area contributed by atoms with Crippen LogP contribution < -0.4 is 21.7 Å². The van der Waals surface area contributed by atoms with E-state index in [0.717, 1.165) is 24.1 Å². The monoisotopic (exact) mass is 326 g/mol. The summed E-state index contributed by atoms with van der Waals surface area (Å²) < 4.78 is 0. The molecule has 1 aromatic rings. The number of anilines is 1. The van der Waals surface area contributed by atoms with E-state index in [9.17, 15) is 9.59 Å². The molecule has 1 aliphatic carbocycles. The van der Waals surface area contributed by atoms with E-state index in [4.69, 9.17) is 5.73 Å². The average molecular weight is 327 g/mol. The van der Waals surface area contributed by atoms with Gasteiger partial charge in [0.1, 0.15) is 0 Å². The molecular weight excluding hydrogens is 304 g/mol. The molecule has 0 spiro atoms. The Morgan fingerprint density at radius 3 is 2.45 bits per heavy atom. The van der Waals surface area contributed by atoms with Crippen LogP contribution in [0.2, 0.25) is 0 Å². The van der Waals surface area contributed by atoms with Crippen LogP contribution in [0.5, 0.6) is 0 Å². The zero-order valence-electron chi connectivity index (χ0n) is 12.6. The van der Waals surface area contributed by atoms with Crippen LogP contribution in [0.25, 0.3) is 0 Å². The first-order valence-electron chi connectivity index (χ1n) is 7.25. The molecule has 0 aromatic heterocycles. The molecule has 5 N–H and O–H groups in total. The van der Waals surface area contributed by atoms with Crippen molar-refractivity contribution < 1.29 is 9.59 Å². The molecule has 7 heteroatoms. The van der Waals surface area contributed by atoms with E-state index in [2.05, 4.69) is 16.0 Å². The molecule has 22 heavy (non-hydrogen) atoms. The summed E-state index contributed by atoms with van der Waals surface area (Å²) in [5.74, 6) is -0.0592. The zero-order valence-corrected chi connectivity index (χ0v) is 13.4. The Morgan fingerprint density at radius 2 is 1.91 bits per heavy atom. The molecular formula is C15H23ClN4O2. The van der Waals surface area contributed by atoms with Gasteiger partial charge in [-0.15, -0.1) is 12.4 Å². The molecule has 1 aliphatic rings. The Hall–Kier alpha value is -1.79. The molecule has 0 heterocycles. The molecule has 6 nitrogen and oxygen atoms in total. The maximum Gasteiger partial charge on any atom is 0.319 e. The average Bonchev–Trinajstić information content (AvgIpc) is 3.23. The normalized spacial score (nSPS) is 14.5. The summed E-state index contributed by atoms with van der Waals surface area (Å²) in [4.78, 5) is 23.1. The van der Waals surface area contributed by atoms with Crippen LogP contribution in [0.1, 0.15) is 37.8 Å². The van der Waals surface area contributed by atoms with Crippen LogP contribution in [0.15, 0.2) is 24.3 Å². The predicted molar refractivity (Wildman–Crippen MR) is 89.1 cm³/mol. The van der Waals surface area contributed by atoms with Gasteiger partial charge < -0.3 is 21.7 Å². The van der Waals surface area contributed by atoms with Crippen molar-refractivity contribution in [3.05, 3.63) is 29.8 Å². The van der Waals surface area contributed by atoms with Gasteiger partial charge in [0.25, 0.3) is 0 Å². The number of hydrogen-bond donors (Lipinski definition) is 4. The first-order chi connectivity index (χ1) is 10.1. The van der Waals surface area contributed by atoms with Crippen molar-refractivity contribution in [3.63, 3.8) is 0 Å². The van der Waals surface area contributed by atoms with E-state index in [0.29, 0.717) is 19.0 Å². The lowest BCUT2D eigenvalue weighted by molar-refractivity contribution is -0.121. The zero-order chi connectivity index (χ0) is 15.2. The summed E-state index contributed by atoms with van der Waals surface area (Å²) in [5.41, 5.74) is 7.06. The van der Waals surface area contributed by atoms with Gasteiger partial charge >= 0.3 is 6.03 Å². The van der Waals surface area contributed by atoms with Gasteiger partial charge in [-0.2, -0.15) is 0 Å². The molecule has 3 amide bonds. The lowest BCUT2D eigenvalue weighted by atomic mass is 10.1. The second-order valence-electron chi connectivity index (χ2n) is 5.32. The fourth-order valence-corrected chi connectivity index (χ4v) is 1.96. The summed E-state index contributed by atoms with van der Waals surface area (Å²) in [6, 6.07) is 7.51. The van der Waals surface area contributed by atoms with Gasteiger partial charge in [-0.05, 0) is 37.5 Å². The Kier molecular flexibility index (Phi) is 7.14. The third-order valence-electron chi connectivity index (χ3n) is 3.33. The van der Waals surface area contributed by atoms with Crippen molar-refractivity contribution in [3.8, 4) is 0 Å². The molecule has 1 fully saturated rings. The predicted octanol–water partition coefficient (Wildman–Crippen LogP) is 1.92. The number of halogens is 1. The minimum Gasteiger partial charge on any atom is -0.350 e. The fraction of sp³-hybridized carbons (Fsp3) is 0.467. The molecule has 1 aromatic carbocycles. The van der Waals surface area contributed by atoms with Crippen molar-refractivity contribution >= 4 is 30.0 Å². The first kappa shape index (κ1) is 18.3. The lowest BCUT2D eigenvalue weighted by Crippen LogP contribution is -2.30. The first-order valence-corrected chi connectivity index (χ1v) is 7.25. The number of urea groups is 1. The number of amides is 3. The van der Waals surface area contributed by atoms with Crippen molar-refractivity contribution in [1.82, 2.24) is 10.6 Å². The smallest absolute Gasteiger partial charge is 0.319 e. The Bertz CT molecular complexity index is 503. The quantitative estimate of drug-likeness (QED) is 0.643. The minimum atomic E-state index is -0.172. The van der Waals surface area contributed by atoms with E-state index in [1.165, 1.54) is 0 Å². The SMILES string of the molecule is CC(NC(=O)CCN)c1ccc(NC(=O)NC2CC2)cc1.Cl. The van der Waals surface area contributed by atoms with Crippen molar-refractivity contribution in [1.29, 1.82) is 0 Å². The molecule has 0 radical (unpaired) electrons. The molecule has 0 saturated heterocycles. The second-order valence-corrected chi connectivity index (χ2v) is 5.32. The summed E-state index contributed by atoms with van der Waals surface area (Å²) in [6.07, 6.45) is 2.45. The maximum absolute atomic E-state index is 11.6. The van der Waals surface area contributed by atoms with Gasteiger partial charge in [-0.1, -0.05) is 12.1 Å². The topological polar surface area (TPSA) is 96.2 Å². The molecule has 1 atom stereocenters. The summed E-state index contributed by atoms with van der Waals surface area (Å²) in [7, 11) is 0. The number of nitrogens with one attached hydrogen (secondary N) is 3. The van der Waals surface area contributed by atoms with Gasteiger partial charge in [-0.25, -0.2) is 4.79 Å². The lowest BCUT2D eigenvalue weighted by Gasteiger charge is -2.15. The molecule has 122 valence electrons. The number of hydrogen-bond acceptors (Lipinski definition) is 3. The summed E-state index contributed by atoms with van der Waals surface area (Å²) in [6.45, 7) is 2.26. The van der Waals surface area contributed by atoms with Crippen molar-refractivity contribution in [2.75, 3.05) is 11.9 Å². The Labute approximate surface area is 136 Å². The third kappa shape index (κ3) is 5.91. The van der Waals surface area contributed by atoms with Crippen LogP contribution >= 0.6 is 12.4 Å². The largest absolute Gasteiger partial charge is 0.350 e. The summed E-state index contributed by atoms with van der Waals surface area (Å²) in [5, 5.41) is 8.52. The number of rotatable bonds is 6. The van der Waals surface area contributed by atoms with E-state index < -0.39 is 0 Å². The van der Waals surface area contributed by atoms with Gasteiger partial charge in [0.2, 0.25) is 5.91 Å². The number of carbonyl (C=O) groups is 2. The van der Waals surface area contributed by atoms with E-state index in [-0.39, 0.29) is 30.4 Å². The molecule has 1 saturated carbocycles. The van der Waals surface area contributed by atoms with Crippen LogP contribution in [-0.2, 0) is 4.79 Å². The highest BCUT2D eigenvalue weighted by Gasteiger charge is 2.23. The fourth-order valence-electron chi connectivity index (χ4n) is 1.96. The minimum absolute atomic E-state index is 0. The van der Waals surface area contributed by atoms with E-state index >= 15 is 0 Å². The van der Waals surface area contributed by atoms with Crippen LogP contribution in [-0.4, -0.2) is 24.5 Å². The van der Waals surface area contributed by atoms with Gasteiger partial charge in [0.05, 0.1) is 6.04 Å². The highest BCUT2D eigenvalue weighted by atomic mass is 35.5. The van der Waals surface area contributed by atoms with Crippen LogP contribution in [0, 0.1) is 0 Å². The third-order valence-corrected chi connectivity index (χ3v) is 3.33. The number of benzene rings is 1. The maximum atomic E-state index is 11.6. The second kappa shape index (κ2) is 8.60.